The molecule has 0 bridgehead atoms. The number of anilines is 1. The van der Waals surface area contributed by atoms with E-state index in [2.05, 4.69) is 59.4 Å². The van der Waals surface area contributed by atoms with Crippen LogP contribution in [-0.4, -0.2) is 19.5 Å². The molecule has 3 nitrogen and oxygen atoms in total. The Morgan fingerprint density at radius 3 is 2.38 bits per heavy atom. The summed E-state index contributed by atoms with van der Waals surface area (Å²) in [4.78, 5) is 18.5. The monoisotopic (exact) mass is 618 g/mol. The van der Waals surface area contributed by atoms with Crippen LogP contribution >= 0.6 is 66.0 Å². The van der Waals surface area contributed by atoms with Crippen LogP contribution in [-0.2, 0) is 4.79 Å². The predicted octanol–water partition coefficient (Wildman–Crippen LogP) is 5.47. The van der Waals surface area contributed by atoms with Gasteiger partial charge in [0.25, 0.3) is 5.91 Å². The summed E-state index contributed by atoms with van der Waals surface area (Å²) >= 11 is 10.7. The number of hydrogen-bond donors (Lipinski definition) is 0. The Kier molecular flexibility index (Phi) is 5.92. The number of fused-ring (bicyclic) bond motifs is 1. The third-order valence-electron chi connectivity index (χ3n) is 3.91. The van der Waals surface area contributed by atoms with Gasteiger partial charge in [-0.1, -0.05) is 33.0 Å². The van der Waals surface area contributed by atoms with Gasteiger partial charge >= 0.3 is 0 Å². The van der Waals surface area contributed by atoms with Crippen molar-refractivity contribution >= 4 is 83.3 Å². The average Bonchev–Trinajstić information content (AvgIpc) is 2.68. The van der Waals surface area contributed by atoms with Gasteiger partial charge in [-0.25, -0.2) is 8.78 Å². The Morgan fingerprint density at radius 1 is 1.19 bits per heavy atom. The first kappa shape index (κ1) is 20.4. The van der Waals surface area contributed by atoms with Gasteiger partial charge in [-0.3, -0.25) is 14.7 Å². The highest BCUT2D eigenvalue weighted by atomic mass is 127. The Bertz CT molecular complexity index is 927. The van der Waals surface area contributed by atoms with Crippen LogP contribution in [0.5, 0.6) is 0 Å². The Hall–Kier alpha value is -0.380. The van der Waals surface area contributed by atoms with Crippen molar-refractivity contribution in [2.45, 2.75) is 8.22 Å². The van der Waals surface area contributed by atoms with Crippen molar-refractivity contribution in [3.05, 3.63) is 63.7 Å². The van der Waals surface area contributed by atoms with Gasteiger partial charge in [0, 0.05) is 5.56 Å². The van der Waals surface area contributed by atoms with E-state index in [1.807, 2.05) is 0 Å². The second-order valence-corrected chi connectivity index (χ2v) is 14.6. The molecule has 26 heavy (non-hydrogen) atoms. The fourth-order valence-electron chi connectivity index (χ4n) is 2.77. The van der Waals surface area contributed by atoms with E-state index < -0.39 is 12.9 Å². The van der Waals surface area contributed by atoms with Gasteiger partial charge in [0.05, 0.1) is 22.0 Å². The first-order chi connectivity index (χ1) is 12.1. The molecule has 136 valence electrons. The third kappa shape index (κ3) is 3.64. The van der Waals surface area contributed by atoms with E-state index in [0.29, 0.717) is 16.3 Å². The van der Waals surface area contributed by atoms with Crippen LogP contribution in [0.15, 0.2) is 35.3 Å². The van der Waals surface area contributed by atoms with Crippen LogP contribution in [0.25, 0.3) is 0 Å². The molecule has 2 aromatic carbocycles. The summed E-state index contributed by atoms with van der Waals surface area (Å²) in [6.07, 6.45) is 0. The predicted molar refractivity (Wildman–Crippen MR) is 121 cm³/mol. The first-order valence-corrected chi connectivity index (χ1v) is 10.5. The van der Waals surface area contributed by atoms with Crippen molar-refractivity contribution in [3.63, 3.8) is 0 Å². The SMILES string of the molecule is Cc1ccc2c(c1Cl)C(c1c(F)cccc1F)=NCC(=O)N2C(P)(I)I. The van der Waals surface area contributed by atoms with Gasteiger partial charge in [-0.05, 0) is 75.9 Å². The van der Waals surface area contributed by atoms with Gasteiger partial charge in [-0.15, -0.1) is 0 Å². The van der Waals surface area contributed by atoms with Crippen LogP contribution in [0, 0.1) is 18.6 Å². The number of halogens is 5. The quantitative estimate of drug-likeness (QED) is 0.190. The Labute approximate surface area is 184 Å². The van der Waals surface area contributed by atoms with Crippen molar-refractivity contribution in [2.24, 2.45) is 4.99 Å². The molecule has 1 aliphatic rings. The molecule has 0 N–H and O–H groups in total. The molecule has 1 amide bonds. The fraction of sp³-hybridized carbons (Fsp3) is 0.176. The zero-order chi connectivity index (χ0) is 19.2. The molecule has 0 spiro atoms. The summed E-state index contributed by atoms with van der Waals surface area (Å²) in [5.41, 5.74) is 1.29. The maximum absolute atomic E-state index is 14.5. The van der Waals surface area contributed by atoms with Crippen molar-refractivity contribution in [3.8, 4) is 0 Å². The molecule has 2 aromatic rings. The first-order valence-electron chi connectivity index (χ1n) is 7.41. The average molecular weight is 619 g/mol. The van der Waals surface area contributed by atoms with E-state index in [1.54, 1.807) is 19.1 Å². The van der Waals surface area contributed by atoms with E-state index in [9.17, 15) is 13.6 Å². The molecule has 0 saturated carbocycles. The minimum Gasteiger partial charge on any atom is -0.283 e. The summed E-state index contributed by atoms with van der Waals surface area (Å²) < 4.78 is 28.2. The summed E-state index contributed by atoms with van der Waals surface area (Å²) in [6, 6.07) is 7.10. The van der Waals surface area contributed by atoms with Gasteiger partial charge in [-0.2, -0.15) is 0 Å². The van der Waals surface area contributed by atoms with E-state index in [0.717, 1.165) is 17.7 Å². The highest BCUT2D eigenvalue weighted by Gasteiger charge is 2.37. The van der Waals surface area contributed by atoms with Crippen molar-refractivity contribution in [1.82, 2.24) is 0 Å². The van der Waals surface area contributed by atoms with Crippen molar-refractivity contribution in [1.29, 1.82) is 0 Å². The topological polar surface area (TPSA) is 32.7 Å². The zero-order valence-corrected chi connectivity index (χ0v) is 19.6. The minimum absolute atomic E-state index is 0.0437. The Morgan fingerprint density at radius 2 is 1.81 bits per heavy atom. The van der Waals surface area contributed by atoms with Crippen LogP contribution in [0.4, 0.5) is 14.5 Å². The molecule has 0 saturated heterocycles. The second kappa shape index (κ2) is 7.56. The number of benzene rings is 2. The maximum Gasteiger partial charge on any atom is 0.250 e. The summed E-state index contributed by atoms with van der Waals surface area (Å²) in [5.74, 6) is -1.81. The van der Waals surface area contributed by atoms with E-state index in [1.165, 1.54) is 11.0 Å². The lowest BCUT2D eigenvalue weighted by Crippen LogP contribution is -2.41. The smallest absolute Gasteiger partial charge is 0.250 e. The number of carbonyl (C=O) groups excluding carboxylic acids is 1. The number of rotatable bonds is 2. The molecule has 1 aliphatic heterocycles. The van der Waals surface area contributed by atoms with Gasteiger partial charge in [0.15, 0.2) is 1.29 Å². The molecular weight excluding hydrogens is 606 g/mol. The number of aliphatic imine (C=N–C) groups is 1. The summed E-state index contributed by atoms with van der Waals surface area (Å²) in [5, 5.41) is 0.311. The van der Waals surface area contributed by atoms with Crippen molar-refractivity contribution in [2.75, 3.05) is 11.4 Å². The van der Waals surface area contributed by atoms with E-state index >= 15 is 0 Å². The number of aryl methyl sites for hydroxylation is 1. The highest BCUT2D eigenvalue weighted by molar-refractivity contribution is 14.2. The lowest BCUT2D eigenvalue weighted by Gasteiger charge is -2.32. The Balaban J connectivity index is 2.39. The standard InChI is InChI=1S/C17H12ClF2I2N2OP/c1-8-5-6-11-14(15(8)18)16(13-9(19)3-2-4-10(13)20)23-7-12(25)24(11)17(21,22)26/h2-6H,7,26H2,1H3. The van der Waals surface area contributed by atoms with Crippen LogP contribution in [0.2, 0.25) is 5.02 Å². The molecule has 1 heterocycles. The largest absolute Gasteiger partial charge is 0.283 e. The lowest BCUT2D eigenvalue weighted by atomic mass is 9.97. The molecule has 1 atom stereocenters. The zero-order valence-electron chi connectivity index (χ0n) is 13.4. The van der Waals surface area contributed by atoms with Crippen molar-refractivity contribution < 1.29 is 13.6 Å². The lowest BCUT2D eigenvalue weighted by molar-refractivity contribution is -0.117. The second-order valence-electron chi connectivity index (χ2n) is 5.67. The molecule has 3 rings (SSSR count). The molecule has 0 fully saturated rings. The van der Waals surface area contributed by atoms with Gasteiger partial charge in [0.2, 0.25) is 0 Å². The highest BCUT2D eigenvalue weighted by Crippen LogP contribution is 2.46. The fourth-order valence-corrected chi connectivity index (χ4v) is 4.36. The van der Waals surface area contributed by atoms with E-state index in [4.69, 9.17) is 11.6 Å². The summed E-state index contributed by atoms with van der Waals surface area (Å²) in [6.45, 7) is 1.55. The third-order valence-corrected chi connectivity index (χ3v) is 5.62. The molecule has 0 aromatic heterocycles. The van der Waals surface area contributed by atoms with Crippen LogP contribution in [0.1, 0.15) is 16.7 Å². The van der Waals surface area contributed by atoms with Gasteiger partial charge in [0.1, 0.15) is 18.2 Å². The van der Waals surface area contributed by atoms with E-state index in [-0.39, 0.29) is 23.7 Å². The molecule has 0 aliphatic carbocycles. The number of alkyl halides is 2. The number of carbonyl (C=O) groups is 1. The number of nitrogens with zero attached hydrogens (tertiary/aromatic N) is 2. The number of amides is 1. The molecule has 1 unspecified atom stereocenters. The number of hydrogen-bond acceptors (Lipinski definition) is 2. The van der Waals surface area contributed by atoms with Gasteiger partial charge < -0.3 is 0 Å². The number of benzodiazepines with no additional fused rings is 1. The molecular formula is C17H12ClF2I2N2OP. The molecule has 0 radical (unpaired) electrons. The van der Waals surface area contributed by atoms with Crippen LogP contribution < -0.4 is 4.90 Å². The maximum atomic E-state index is 14.5. The normalized spacial score (nSPS) is 14.8. The summed E-state index contributed by atoms with van der Waals surface area (Å²) in [7, 11) is 2.58. The van der Waals surface area contributed by atoms with Crippen LogP contribution in [0.3, 0.4) is 0 Å². The molecule has 9 heteroatoms. The minimum atomic E-state index is -0.755.